The largest absolute Gasteiger partial charge is 0.486 e. The number of nitrogens with zero attached hydrogens (tertiary/aromatic N) is 2. The Morgan fingerprint density at radius 1 is 1.10 bits per heavy atom. The maximum absolute atomic E-state index is 13.0. The molecule has 0 saturated heterocycles. The molecule has 1 atom stereocenters. The summed E-state index contributed by atoms with van der Waals surface area (Å²) >= 11 is 0. The molecule has 0 saturated carbocycles. The van der Waals surface area contributed by atoms with Crippen molar-refractivity contribution in [3.63, 3.8) is 0 Å². The van der Waals surface area contributed by atoms with Crippen LogP contribution in [0, 0.1) is 0 Å². The Hall–Kier alpha value is -3.06. The van der Waals surface area contributed by atoms with E-state index in [-0.39, 0.29) is 30.9 Å². The predicted octanol–water partition coefficient (Wildman–Crippen LogP) is 2.70. The highest BCUT2D eigenvalue weighted by Crippen LogP contribution is 2.33. The second-order valence-corrected chi connectivity index (χ2v) is 7.66. The molecule has 1 N–H and O–H groups in total. The lowest BCUT2D eigenvalue weighted by atomic mass is 10.1. The zero-order chi connectivity index (χ0) is 21.1. The average Bonchev–Trinajstić information content (AvgIpc) is 3.08. The number of anilines is 2. The van der Waals surface area contributed by atoms with E-state index in [1.807, 2.05) is 34.9 Å². The van der Waals surface area contributed by atoms with E-state index in [9.17, 15) is 9.59 Å². The first-order valence-electron chi connectivity index (χ1n) is 10.4. The lowest BCUT2D eigenvalue weighted by Crippen LogP contribution is -2.45. The maximum Gasteiger partial charge on any atom is 0.241 e. The van der Waals surface area contributed by atoms with Gasteiger partial charge in [-0.3, -0.25) is 14.5 Å². The highest BCUT2D eigenvalue weighted by Gasteiger charge is 2.31. The Morgan fingerprint density at radius 2 is 1.87 bits per heavy atom. The normalized spacial score (nSPS) is 17.0. The van der Waals surface area contributed by atoms with Crippen molar-refractivity contribution < 1.29 is 19.1 Å². The van der Waals surface area contributed by atoms with E-state index >= 15 is 0 Å². The van der Waals surface area contributed by atoms with Crippen molar-refractivity contribution in [1.82, 2.24) is 4.90 Å². The molecule has 2 aliphatic rings. The molecule has 2 heterocycles. The lowest BCUT2D eigenvalue weighted by molar-refractivity contribution is -0.121. The fraction of sp³-hybridized carbons (Fsp3) is 0.391. The second-order valence-electron chi connectivity index (χ2n) is 7.66. The third-order valence-corrected chi connectivity index (χ3v) is 5.48. The zero-order valence-corrected chi connectivity index (χ0v) is 17.4. The topological polar surface area (TPSA) is 71.1 Å². The summed E-state index contributed by atoms with van der Waals surface area (Å²) in [4.78, 5) is 29.3. The first-order chi connectivity index (χ1) is 14.5. The molecule has 158 valence electrons. The third kappa shape index (κ3) is 4.26. The van der Waals surface area contributed by atoms with Crippen LogP contribution in [0.1, 0.15) is 19.4 Å². The van der Waals surface area contributed by atoms with E-state index < -0.39 is 0 Å². The fourth-order valence-corrected chi connectivity index (χ4v) is 4.02. The summed E-state index contributed by atoms with van der Waals surface area (Å²) in [5.41, 5.74) is 2.82. The van der Waals surface area contributed by atoms with E-state index in [0.717, 1.165) is 12.1 Å². The van der Waals surface area contributed by atoms with Gasteiger partial charge in [0.25, 0.3) is 0 Å². The Kier molecular flexibility index (Phi) is 5.90. The molecular weight excluding hydrogens is 382 g/mol. The average molecular weight is 409 g/mol. The van der Waals surface area contributed by atoms with Gasteiger partial charge in [0, 0.05) is 23.5 Å². The number of rotatable bonds is 6. The number of fused-ring (bicyclic) bond motifs is 2. The van der Waals surface area contributed by atoms with Crippen LogP contribution in [0.5, 0.6) is 11.5 Å². The summed E-state index contributed by atoms with van der Waals surface area (Å²) in [5.74, 6) is 1.15. The Morgan fingerprint density at radius 3 is 2.67 bits per heavy atom. The maximum atomic E-state index is 13.0. The lowest BCUT2D eigenvalue weighted by Gasteiger charge is -2.27. The smallest absolute Gasteiger partial charge is 0.241 e. The summed E-state index contributed by atoms with van der Waals surface area (Å²) in [5, 5.41) is 2.88. The minimum absolute atomic E-state index is 0.0152. The number of benzene rings is 2. The van der Waals surface area contributed by atoms with Crippen molar-refractivity contribution in [2.45, 2.75) is 26.3 Å². The van der Waals surface area contributed by atoms with Gasteiger partial charge in [0.15, 0.2) is 11.5 Å². The highest BCUT2D eigenvalue weighted by molar-refractivity contribution is 5.98. The molecule has 0 aromatic heterocycles. The van der Waals surface area contributed by atoms with Gasteiger partial charge in [-0.1, -0.05) is 25.1 Å². The van der Waals surface area contributed by atoms with E-state index in [4.69, 9.17) is 9.47 Å². The molecule has 2 aromatic carbocycles. The van der Waals surface area contributed by atoms with E-state index in [1.165, 1.54) is 5.56 Å². The van der Waals surface area contributed by atoms with Crippen LogP contribution in [0.3, 0.4) is 0 Å². The van der Waals surface area contributed by atoms with E-state index in [2.05, 4.69) is 18.3 Å². The van der Waals surface area contributed by atoms with Crippen LogP contribution in [0.15, 0.2) is 42.5 Å². The van der Waals surface area contributed by atoms with Crippen molar-refractivity contribution in [3.05, 3.63) is 48.0 Å². The SMILES string of the molecule is CCN(CC(=O)Nc1ccc2c(c1)OCCO2)CC(=O)N1c2ccccc2CC1C. The van der Waals surface area contributed by atoms with Crippen molar-refractivity contribution >= 4 is 23.2 Å². The first-order valence-corrected chi connectivity index (χ1v) is 10.4. The van der Waals surface area contributed by atoms with Crippen LogP contribution in [0.4, 0.5) is 11.4 Å². The van der Waals surface area contributed by atoms with Gasteiger partial charge >= 0.3 is 0 Å². The number of nitrogens with one attached hydrogen (secondary N) is 1. The molecule has 7 nitrogen and oxygen atoms in total. The quantitative estimate of drug-likeness (QED) is 0.794. The summed E-state index contributed by atoms with van der Waals surface area (Å²) in [6.07, 6.45) is 0.860. The van der Waals surface area contributed by atoms with Gasteiger partial charge in [0.05, 0.1) is 13.1 Å². The molecule has 0 fully saturated rings. The van der Waals surface area contributed by atoms with Crippen molar-refractivity contribution in [2.75, 3.05) is 43.1 Å². The van der Waals surface area contributed by atoms with Crippen molar-refractivity contribution in [3.8, 4) is 11.5 Å². The van der Waals surface area contributed by atoms with Gasteiger partial charge in [-0.25, -0.2) is 0 Å². The van der Waals surface area contributed by atoms with Crippen LogP contribution in [-0.4, -0.2) is 55.6 Å². The fourth-order valence-electron chi connectivity index (χ4n) is 4.02. The first kappa shape index (κ1) is 20.2. The Balaban J connectivity index is 1.36. The molecular formula is C23H27N3O4. The molecule has 0 spiro atoms. The van der Waals surface area contributed by atoms with Gasteiger partial charge in [-0.05, 0) is 43.7 Å². The monoisotopic (exact) mass is 409 g/mol. The van der Waals surface area contributed by atoms with E-state index in [1.54, 1.807) is 18.2 Å². The summed E-state index contributed by atoms with van der Waals surface area (Å²) < 4.78 is 11.1. The molecule has 0 aliphatic carbocycles. The number of carbonyl (C=O) groups is 2. The number of hydrogen-bond acceptors (Lipinski definition) is 5. The standard InChI is InChI=1S/C23H27N3O4/c1-3-25(15-23(28)26-16(2)12-17-6-4-5-7-19(17)26)14-22(27)24-18-8-9-20-21(13-18)30-11-10-29-20/h4-9,13,16H,3,10-12,14-15H2,1-2H3,(H,24,27). The van der Waals surface area contributed by atoms with Gasteiger partial charge in [0.2, 0.25) is 11.8 Å². The highest BCUT2D eigenvalue weighted by atomic mass is 16.6. The van der Waals surface area contributed by atoms with E-state index in [0.29, 0.717) is 36.9 Å². The molecule has 7 heteroatoms. The molecule has 2 amide bonds. The number of amides is 2. The van der Waals surface area contributed by atoms with Crippen LogP contribution in [0.2, 0.25) is 0 Å². The molecule has 2 aliphatic heterocycles. The Bertz CT molecular complexity index is 946. The Labute approximate surface area is 176 Å². The van der Waals surface area contributed by atoms with Crippen molar-refractivity contribution in [1.29, 1.82) is 0 Å². The molecule has 1 unspecified atom stereocenters. The summed E-state index contributed by atoms with van der Waals surface area (Å²) in [6.45, 7) is 5.97. The summed E-state index contributed by atoms with van der Waals surface area (Å²) in [6, 6.07) is 13.5. The van der Waals surface area contributed by atoms with Gasteiger partial charge < -0.3 is 19.7 Å². The molecule has 4 rings (SSSR count). The van der Waals surface area contributed by atoms with Gasteiger partial charge in [-0.2, -0.15) is 0 Å². The third-order valence-electron chi connectivity index (χ3n) is 5.48. The van der Waals surface area contributed by atoms with Crippen molar-refractivity contribution in [2.24, 2.45) is 0 Å². The van der Waals surface area contributed by atoms with Gasteiger partial charge in [-0.15, -0.1) is 0 Å². The number of likely N-dealkylation sites (N-methyl/N-ethyl adjacent to an activating group) is 1. The molecule has 2 aromatic rings. The minimum atomic E-state index is -0.170. The second kappa shape index (κ2) is 8.75. The van der Waals surface area contributed by atoms with Crippen LogP contribution in [-0.2, 0) is 16.0 Å². The minimum Gasteiger partial charge on any atom is -0.486 e. The molecule has 30 heavy (non-hydrogen) atoms. The number of para-hydroxylation sites is 1. The predicted molar refractivity (Wildman–Crippen MR) is 115 cm³/mol. The zero-order valence-electron chi connectivity index (χ0n) is 17.4. The molecule has 0 radical (unpaired) electrons. The van der Waals surface area contributed by atoms with Crippen LogP contribution in [0.25, 0.3) is 0 Å². The van der Waals surface area contributed by atoms with Gasteiger partial charge in [0.1, 0.15) is 13.2 Å². The van der Waals surface area contributed by atoms with Crippen LogP contribution >= 0.6 is 0 Å². The summed E-state index contributed by atoms with van der Waals surface area (Å²) in [7, 11) is 0. The van der Waals surface area contributed by atoms with Crippen LogP contribution < -0.4 is 19.7 Å². The number of hydrogen-bond donors (Lipinski definition) is 1. The molecule has 0 bridgehead atoms. The number of ether oxygens (including phenoxy) is 2. The number of carbonyl (C=O) groups excluding carboxylic acids is 2.